The first-order valence-electron chi connectivity index (χ1n) is 11.3. The van der Waals surface area contributed by atoms with Crippen molar-refractivity contribution < 1.29 is 18.4 Å². The number of carbonyl (C=O) groups excluding carboxylic acids is 2. The van der Waals surface area contributed by atoms with Gasteiger partial charge in [0.2, 0.25) is 11.8 Å². The highest BCUT2D eigenvalue weighted by Gasteiger charge is 2.33. The highest BCUT2D eigenvalue weighted by molar-refractivity contribution is 6.01. The van der Waals surface area contributed by atoms with Crippen molar-refractivity contribution in [3.8, 4) is 0 Å². The van der Waals surface area contributed by atoms with E-state index in [4.69, 9.17) is 4.42 Å². The molecule has 0 unspecified atom stereocenters. The monoisotopic (exact) mass is 483 g/mol. The fourth-order valence-corrected chi connectivity index (χ4v) is 4.04. The molecular weight excluding hydrogens is 461 g/mol. The first-order chi connectivity index (χ1) is 17.6. The van der Waals surface area contributed by atoms with Crippen LogP contribution in [0.1, 0.15) is 17.4 Å². The summed E-state index contributed by atoms with van der Waals surface area (Å²) in [6.07, 6.45) is 1.52. The fourth-order valence-electron chi connectivity index (χ4n) is 4.04. The van der Waals surface area contributed by atoms with Gasteiger partial charge in [0.15, 0.2) is 0 Å². The molecule has 2 aromatic heterocycles. The third-order valence-corrected chi connectivity index (χ3v) is 5.70. The number of para-hydroxylation sites is 1. The molecule has 0 fully saturated rings. The van der Waals surface area contributed by atoms with E-state index >= 15 is 0 Å². The van der Waals surface area contributed by atoms with Crippen molar-refractivity contribution in [2.45, 2.75) is 19.1 Å². The normalized spacial score (nSPS) is 11.8. The number of fused-ring (bicyclic) bond motifs is 1. The summed E-state index contributed by atoms with van der Waals surface area (Å²) in [7, 11) is 0. The topological polar surface area (TPSA) is 93.3 Å². The van der Waals surface area contributed by atoms with Crippen molar-refractivity contribution in [2.24, 2.45) is 0 Å². The Kier molecular flexibility index (Phi) is 6.53. The molecule has 0 saturated carbocycles. The van der Waals surface area contributed by atoms with Crippen LogP contribution in [0.4, 0.5) is 10.1 Å². The van der Waals surface area contributed by atoms with Gasteiger partial charge in [-0.15, -0.1) is 5.10 Å². The van der Waals surface area contributed by atoms with Gasteiger partial charge in [-0.1, -0.05) is 53.7 Å². The third-order valence-electron chi connectivity index (χ3n) is 5.70. The zero-order valence-corrected chi connectivity index (χ0v) is 19.1. The number of halogens is 1. The minimum Gasteiger partial charge on any atom is -0.467 e. The van der Waals surface area contributed by atoms with Crippen LogP contribution in [0, 0.1) is 5.82 Å². The highest BCUT2D eigenvalue weighted by atomic mass is 19.1. The summed E-state index contributed by atoms with van der Waals surface area (Å²) >= 11 is 0. The van der Waals surface area contributed by atoms with Crippen LogP contribution in [0.3, 0.4) is 0 Å². The average molecular weight is 484 g/mol. The summed E-state index contributed by atoms with van der Waals surface area (Å²) in [6.45, 7) is -0.0696. The lowest BCUT2D eigenvalue weighted by molar-refractivity contribution is -0.127. The van der Waals surface area contributed by atoms with E-state index in [9.17, 15) is 14.0 Å². The van der Waals surface area contributed by atoms with E-state index in [0.717, 1.165) is 0 Å². The van der Waals surface area contributed by atoms with Crippen molar-refractivity contribution in [2.75, 3.05) is 4.90 Å². The molecule has 36 heavy (non-hydrogen) atoms. The lowest BCUT2D eigenvalue weighted by atomic mass is 10.0. The molecule has 0 spiro atoms. The van der Waals surface area contributed by atoms with Crippen LogP contribution >= 0.6 is 0 Å². The molecule has 9 heteroatoms. The summed E-state index contributed by atoms with van der Waals surface area (Å²) in [6, 6.07) is 24.1. The Hall–Kier alpha value is -4.79. The van der Waals surface area contributed by atoms with E-state index in [-0.39, 0.29) is 18.8 Å². The van der Waals surface area contributed by atoms with Gasteiger partial charge < -0.3 is 9.73 Å². The lowest BCUT2D eigenvalue weighted by Crippen LogP contribution is -2.45. The van der Waals surface area contributed by atoms with Crippen LogP contribution in [0.5, 0.6) is 0 Å². The third kappa shape index (κ3) is 4.85. The first-order valence-corrected chi connectivity index (χ1v) is 11.3. The summed E-state index contributed by atoms with van der Waals surface area (Å²) < 4.78 is 21.1. The second-order valence-corrected chi connectivity index (χ2v) is 8.09. The average Bonchev–Trinajstić information content (AvgIpc) is 3.56. The Bertz CT molecular complexity index is 1480. The fraction of sp³-hybridized carbons (Fsp3) is 0.111. The number of benzene rings is 3. The van der Waals surface area contributed by atoms with Gasteiger partial charge in [-0.3, -0.25) is 14.5 Å². The molecule has 8 nitrogen and oxygen atoms in total. The van der Waals surface area contributed by atoms with Crippen LogP contribution in [0.25, 0.3) is 11.0 Å². The number of hydrogen-bond acceptors (Lipinski definition) is 5. The molecule has 0 bridgehead atoms. The number of nitrogens with zero attached hydrogens (tertiary/aromatic N) is 4. The second kappa shape index (κ2) is 10.2. The maximum Gasteiger partial charge on any atom is 0.249 e. The molecule has 0 aliphatic rings. The molecule has 0 radical (unpaired) electrons. The van der Waals surface area contributed by atoms with Crippen LogP contribution in [0.2, 0.25) is 0 Å². The molecule has 2 amide bonds. The predicted molar refractivity (Wildman–Crippen MR) is 131 cm³/mol. The molecule has 2 heterocycles. The maximum atomic E-state index is 14.3. The molecule has 5 rings (SSSR count). The number of anilines is 1. The van der Waals surface area contributed by atoms with E-state index in [1.807, 2.05) is 18.2 Å². The van der Waals surface area contributed by atoms with Gasteiger partial charge in [0.05, 0.1) is 18.3 Å². The minimum absolute atomic E-state index is 0.133. The minimum atomic E-state index is -1.08. The Morgan fingerprint density at radius 1 is 0.972 bits per heavy atom. The number of carbonyl (C=O) groups is 2. The van der Waals surface area contributed by atoms with Gasteiger partial charge >= 0.3 is 0 Å². The number of rotatable bonds is 8. The smallest absolute Gasteiger partial charge is 0.249 e. The van der Waals surface area contributed by atoms with Crippen LogP contribution < -0.4 is 10.2 Å². The quantitative estimate of drug-likeness (QED) is 0.356. The van der Waals surface area contributed by atoms with Crippen molar-refractivity contribution in [3.63, 3.8) is 0 Å². The summed E-state index contributed by atoms with van der Waals surface area (Å²) in [5.74, 6) is -0.871. The van der Waals surface area contributed by atoms with E-state index in [1.54, 1.807) is 54.6 Å². The molecule has 3 aromatic carbocycles. The van der Waals surface area contributed by atoms with Gasteiger partial charge in [-0.05, 0) is 48.0 Å². The number of furan rings is 1. The van der Waals surface area contributed by atoms with E-state index in [1.165, 1.54) is 34.0 Å². The Labute approximate surface area is 205 Å². The van der Waals surface area contributed by atoms with Crippen molar-refractivity contribution in [3.05, 3.63) is 114 Å². The van der Waals surface area contributed by atoms with Gasteiger partial charge in [0, 0.05) is 5.69 Å². The number of nitrogens with one attached hydrogen (secondary N) is 1. The van der Waals surface area contributed by atoms with Gasteiger partial charge in [-0.2, -0.15) is 0 Å². The molecular formula is C27H22FN5O3. The van der Waals surface area contributed by atoms with Crippen molar-refractivity contribution >= 4 is 28.5 Å². The molecule has 0 saturated heterocycles. The van der Waals surface area contributed by atoms with E-state index in [2.05, 4.69) is 15.6 Å². The van der Waals surface area contributed by atoms with Crippen molar-refractivity contribution in [1.29, 1.82) is 0 Å². The molecule has 180 valence electrons. The molecule has 5 aromatic rings. The maximum absolute atomic E-state index is 14.3. The molecule has 1 atom stereocenters. The SMILES string of the molecule is O=C(NCc1ccco1)[C@@H](c1ccccc1)N(C(=O)Cn1nnc2ccccc21)c1cccc(F)c1. The largest absolute Gasteiger partial charge is 0.467 e. The first kappa shape index (κ1) is 23.0. The van der Waals surface area contributed by atoms with E-state index in [0.29, 0.717) is 22.4 Å². The van der Waals surface area contributed by atoms with Gasteiger partial charge in [0.25, 0.3) is 0 Å². The molecule has 0 aliphatic carbocycles. The summed E-state index contributed by atoms with van der Waals surface area (Å²) in [5.41, 5.74) is 2.11. The predicted octanol–water partition coefficient (Wildman–Crippen LogP) is 4.25. The Morgan fingerprint density at radius 3 is 2.56 bits per heavy atom. The summed E-state index contributed by atoms with van der Waals surface area (Å²) in [4.78, 5) is 28.7. The Morgan fingerprint density at radius 2 is 1.78 bits per heavy atom. The number of aromatic nitrogens is 3. The van der Waals surface area contributed by atoms with Crippen LogP contribution in [0.15, 0.2) is 102 Å². The zero-order chi connectivity index (χ0) is 24.9. The van der Waals surface area contributed by atoms with Gasteiger partial charge in [-0.25, -0.2) is 9.07 Å². The van der Waals surface area contributed by atoms with Crippen LogP contribution in [-0.4, -0.2) is 26.8 Å². The van der Waals surface area contributed by atoms with Crippen LogP contribution in [-0.2, 0) is 22.7 Å². The molecule has 0 aliphatic heterocycles. The van der Waals surface area contributed by atoms with E-state index < -0.39 is 23.7 Å². The summed E-state index contributed by atoms with van der Waals surface area (Å²) in [5, 5.41) is 11.1. The Balaban J connectivity index is 1.54. The van der Waals surface area contributed by atoms with Gasteiger partial charge in [0.1, 0.15) is 29.7 Å². The standard InChI is InChI=1S/C27H22FN5O3/c28-20-10-6-11-21(16-20)33(25(34)18-32-24-14-5-4-13-23(24)30-31-32)26(19-8-2-1-3-9-19)27(35)29-17-22-12-7-15-36-22/h1-16,26H,17-18H2,(H,29,35)/t26-/m1/s1. The number of amides is 2. The zero-order valence-electron chi connectivity index (χ0n) is 19.1. The number of hydrogen-bond donors (Lipinski definition) is 1. The lowest BCUT2D eigenvalue weighted by Gasteiger charge is -2.31. The molecule has 1 N–H and O–H groups in total. The second-order valence-electron chi connectivity index (χ2n) is 8.09. The van der Waals surface area contributed by atoms with Crippen molar-refractivity contribution in [1.82, 2.24) is 20.3 Å². The highest BCUT2D eigenvalue weighted by Crippen LogP contribution is 2.29.